The van der Waals surface area contributed by atoms with Gasteiger partial charge in [0.25, 0.3) is 0 Å². The Morgan fingerprint density at radius 3 is 3.03 bits per heavy atom. The predicted octanol–water partition coefficient (Wildman–Crippen LogP) is 3.80. The molecule has 1 aliphatic heterocycles. The number of amides is 1. The fourth-order valence-corrected chi connectivity index (χ4v) is 5.46. The molecule has 1 aliphatic carbocycles. The Balaban J connectivity index is 1.27. The normalized spacial score (nSPS) is 22.6. The van der Waals surface area contributed by atoms with Gasteiger partial charge in [0.15, 0.2) is 5.82 Å². The van der Waals surface area contributed by atoms with Crippen molar-refractivity contribution in [3.05, 3.63) is 41.8 Å². The van der Waals surface area contributed by atoms with E-state index in [9.17, 15) is 10.1 Å². The lowest BCUT2D eigenvalue weighted by Crippen LogP contribution is -2.43. The van der Waals surface area contributed by atoms with E-state index in [1.54, 1.807) is 18.1 Å². The first-order valence-electron chi connectivity index (χ1n) is 12.0. The standard InChI is InChI=1S/C25H30N6O4/c1-24(2,22-28-21(13-33-3)29-35-22)14-31-15-25(34-23(31)32)8-4-5-18(10-25)12-30-16-27-19-7-6-17(11-26)9-20(19)30/h6-7,9,16,18H,4-5,8,10,12-15H2,1-3H3. The van der Waals surface area contributed by atoms with Crippen molar-refractivity contribution in [3.8, 4) is 6.07 Å². The van der Waals surface area contributed by atoms with Gasteiger partial charge in [0.2, 0.25) is 5.89 Å². The second-order valence-electron chi connectivity index (χ2n) is 10.4. The summed E-state index contributed by atoms with van der Waals surface area (Å²) in [5.74, 6) is 1.31. The van der Waals surface area contributed by atoms with E-state index in [2.05, 4.69) is 25.8 Å². The maximum Gasteiger partial charge on any atom is 0.410 e. The van der Waals surface area contributed by atoms with E-state index in [0.717, 1.165) is 43.3 Å². The van der Waals surface area contributed by atoms with Crippen molar-refractivity contribution >= 4 is 17.1 Å². The first-order chi connectivity index (χ1) is 16.8. The molecule has 3 aromatic rings. The molecule has 0 bridgehead atoms. The number of hydrogen-bond donors (Lipinski definition) is 0. The molecule has 10 heteroatoms. The molecular formula is C25H30N6O4. The van der Waals surface area contributed by atoms with E-state index in [-0.39, 0.29) is 12.7 Å². The zero-order chi connectivity index (χ0) is 24.6. The largest absolute Gasteiger partial charge is 0.441 e. The van der Waals surface area contributed by atoms with Gasteiger partial charge >= 0.3 is 6.09 Å². The third-order valence-electron chi connectivity index (χ3n) is 7.06. The van der Waals surface area contributed by atoms with E-state index < -0.39 is 11.0 Å². The lowest BCUT2D eigenvalue weighted by atomic mass is 9.77. The van der Waals surface area contributed by atoms with Gasteiger partial charge < -0.3 is 23.5 Å². The van der Waals surface area contributed by atoms with Crippen molar-refractivity contribution in [2.45, 2.75) is 63.7 Å². The van der Waals surface area contributed by atoms with Gasteiger partial charge in [-0.1, -0.05) is 5.16 Å². The molecule has 0 radical (unpaired) electrons. The second kappa shape index (κ2) is 8.96. The highest BCUT2D eigenvalue weighted by Crippen LogP contribution is 2.41. The number of methoxy groups -OCH3 is 1. The van der Waals surface area contributed by atoms with Crippen molar-refractivity contribution in [2.24, 2.45) is 5.92 Å². The summed E-state index contributed by atoms with van der Waals surface area (Å²) in [5, 5.41) is 13.2. The van der Waals surface area contributed by atoms with Crippen LogP contribution in [0.2, 0.25) is 0 Å². The fraction of sp³-hybridized carbons (Fsp3) is 0.560. The van der Waals surface area contributed by atoms with Gasteiger partial charge in [-0.05, 0) is 63.6 Å². The number of nitrogens with zero attached hydrogens (tertiary/aromatic N) is 6. The maximum absolute atomic E-state index is 12.9. The molecule has 2 unspecified atom stereocenters. The minimum atomic E-state index is -0.522. The molecule has 1 aromatic carbocycles. The number of rotatable bonds is 7. The Hall–Kier alpha value is -3.45. The number of hydrogen-bond acceptors (Lipinski definition) is 8. The summed E-state index contributed by atoms with van der Waals surface area (Å²) in [6, 6.07) is 7.76. The average Bonchev–Trinajstić information content (AvgIpc) is 3.53. The van der Waals surface area contributed by atoms with E-state index in [1.165, 1.54) is 0 Å². The van der Waals surface area contributed by atoms with Crippen LogP contribution in [0.5, 0.6) is 0 Å². The molecule has 10 nitrogen and oxygen atoms in total. The van der Waals surface area contributed by atoms with Crippen LogP contribution in [0.4, 0.5) is 4.79 Å². The van der Waals surface area contributed by atoms with Gasteiger partial charge in [0.1, 0.15) is 12.2 Å². The number of imidazole rings is 1. The molecule has 2 aromatic heterocycles. The Morgan fingerprint density at radius 1 is 1.37 bits per heavy atom. The van der Waals surface area contributed by atoms with Crippen LogP contribution in [-0.2, 0) is 28.0 Å². The molecule has 2 atom stereocenters. The van der Waals surface area contributed by atoms with E-state index >= 15 is 0 Å². The highest BCUT2D eigenvalue weighted by Gasteiger charge is 2.49. The molecule has 1 amide bonds. The number of ether oxygens (including phenoxy) is 2. The summed E-state index contributed by atoms with van der Waals surface area (Å²) in [5.41, 5.74) is 1.46. The molecule has 2 fully saturated rings. The predicted molar refractivity (Wildman–Crippen MR) is 125 cm³/mol. The Kier molecular flexibility index (Phi) is 5.97. The van der Waals surface area contributed by atoms with Gasteiger partial charge in [-0.25, -0.2) is 9.78 Å². The highest BCUT2D eigenvalue weighted by atomic mass is 16.6. The van der Waals surface area contributed by atoms with Crippen LogP contribution >= 0.6 is 0 Å². The SMILES string of the molecule is COCc1noc(C(C)(C)CN2CC3(CCCC(Cn4cnc5ccc(C#N)cc54)C3)OC2=O)n1. The number of benzene rings is 1. The summed E-state index contributed by atoms with van der Waals surface area (Å²) < 4.78 is 18.7. The lowest BCUT2D eigenvalue weighted by Gasteiger charge is -2.36. The molecular weight excluding hydrogens is 448 g/mol. The number of fused-ring (bicyclic) bond motifs is 1. The molecule has 1 saturated heterocycles. The smallest absolute Gasteiger partial charge is 0.410 e. The summed E-state index contributed by atoms with van der Waals surface area (Å²) >= 11 is 0. The van der Waals surface area contributed by atoms with Gasteiger partial charge in [-0.15, -0.1) is 0 Å². The quantitative estimate of drug-likeness (QED) is 0.503. The molecule has 35 heavy (non-hydrogen) atoms. The highest BCUT2D eigenvalue weighted by molar-refractivity contribution is 5.77. The van der Waals surface area contributed by atoms with Crippen molar-refractivity contribution in [1.29, 1.82) is 5.26 Å². The maximum atomic E-state index is 12.9. The minimum absolute atomic E-state index is 0.278. The van der Waals surface area contributed by atoms with Crippen LogP contribution in [0.15, 0.2) is 29.0 Å². The van der Waals surface area contributed by atoms with E-state index in [4.69, 9.17) is 14.0 Å². The lowest BCUT2D eigenvalue weighted by molar-refractivity contribution is 0.00413. The van der Waals surface area contributed by atoms with Crippen LogP contribution in [-0.4, -0.2) is 56.5 Å². The minimum Gasteiger partial charge on any atom is -0.441 e. The van der Waals surface area contributed by atoms with Crippen molar-refractivity contribution < 1.29 is 18.8 Å². The van der Waals surface area contributed by atoms with Crippen LogP contribution < -0.4 is 0 Å². The van der Waals surface area contributed by atoms with Gasteiger partial charge in [0, 0.05) is 20.2 Å². The molecule has 5 rings (SSSR count). The summed E-state index contributed by atoms with van der Waals surface area (Å²) in [4.78, 5) is 23.6. The third kappa shape index (κ3) is 4.60. The van der Waals surface area contributed by atoms with Crippen molar-refractivity contribution in [1.82, 2.24) is 24.6 Å². The Bertz CT molecular complexity index is 1270. The fourth-order valence-electron chi connectivity index (χ4n) is 5.46. The molecule has 1 saturated carbocycles. The molecule has 3 heterocycles. The summed E-state index contributed by atoms with van der Waals surface area (Å²) in [6.07, 6.45) is 5.26. The van der Waals surface area contributed by atoms with Crippen molar-refractivity contribution in [3.63, 3.8) is 0 Å². The third-order valence-corrected chi connectivity index (χ3v) is 7.06. The average molecular weight is 479 g/mol. The second-order valence-corrected chi connectivity index (χ2v) is 10.4. The first-order valence-corrected chi connectivity index (χ1v) is 12.0. The van der Waals surface area contributed by atoms with Gasteiger partial charge in [-0.2, -0.15) is 10.2 Å². The number of carbonyl (C=O) groups is 1. The number of aromatic nitrogens is 4. The van der Waals surface area contributed by atoms with E-state index in [0.29, 0.717) is 36.3 Å². The van der Waals surface area contributed by atoms with Gasteiger partial charge in [-0.3, -0.25) is 0 Å². The monoisotopic (exact) mass is 478 g/mol. The first kappa shape index (κ1) is 23.3. The number of nitriles is 1. The zero-order valence-electron chi connectivity index (χ0n) is 20.4. The Morgan fingerprint density at radius 2 is 2.23 bits per heavy atom. The summed E-state index contributed by atoms with van der Waals surface area (Å²) in [7, 11) is 1.58. The van der Waals surface area contributed by atoms with Crippen molar-refractivity contribution in [2.75, 3.05) is 20.2 Å². The number of carbonyl (C=O) groups excluding carboxylic acids is 1. The summed E-state index contributed by atoms with van der Waals surface area (Å²) in [6.45, 7) is 6.00. The van der Waals surface area contributed by atoms with E-state index in [1.807, 2.05) is 32.3 Å². The zero-order valence-corrected chi connectivity index (χ0v) is 20.4. The van der Waals surface area contributed by atoms with Gasteiger partial charge in [0.05, 0.1) is 41.0 Å². The van der Waals surface area contributed by atoms with Crippen LogP contribution in [0.1, 0.15) is 56.8 Å². The van der Waals surface area contributed by atoms with Crippen LogP contribution in [0, 0.1) is 17.2 Å². The topological polar surface area (TPSA) is 119 Å². The molecule has 184 valence electrons. The molecule has 0 N–H and O–H groups in total. The molecule has 1 spiro atoms. The molecule has 2 aliphatic rings. The van der Waals surface area contributed by atoms with Crippen LogP contribution in [0.3, 0.4) is 0 Å². The Labute approximate surface area is 203 Å². The van der Waals surface area contributed by atoms with Crippen LogP contribution in [0.25, 0.3) is 11.0 Å².